The maximum absolute atomic E-state index is 12.5. The predicted molar refractivity (Wildman–Crippen MR) is 92.7 cm³/mol. The molecular weight excluding hydrogens is 368 g/mol. The zero-order valence-corrected chi connectivity index (χ0v) is 14.8. The number of phenolic OH excluding ortho intramolecular Hbond substituents is 1. The number of halogens is 2. The van der Waals surface area contributed by atoms with E-state index in [1.54, 1.807) is 18.2 Å². The molecule has 0 atom stereocenters. The third-order valence-corrected chi connectivity index (χ3v) is 4.86. The molecule has 1 aromatic rings. The number of phenols is 1. The van der Waals surface area contributed by atoms with Crippen molar-refractivity contribution in [3.8, 4) is 5.75 Å². The van der Waals surface area contributed by atoms with Crippen molar-refractivity contribution in [2.45, 2.75) is 31.7 Å². The zero-order chi connectivity index (χ0) is 14.8. The van der Waals surface area contributed by atoms with E-state index >= 15 is 0 Å². The lowest BCUT2D eigenvalue weighted by Crippen LogP contribution is -2.45. The van der Waals surface area contributed by atoms with E-state index in [-0.39, 0.29) is 24.1 Å². The summed E-state index contributed by atoms with van der Waals surface area (Å²) >= 11 is 3.35. The summed E-state index contributed by atoms with van der Waals surface area (Å²) in [5.41, 5.74) is 0.383. The molecule has 1 aromatic carbocycles. The lowest BCUT2D eigenvalue weighted by atomic mass is 10.0. The summed E-state index contributed by atoms with van der Waals surface area (Å²) in [7, 11) is 0. The fraction of sp³-hybridized carbons (Fsp3) is 0.562. The summed E-state index contributed by atoms with van der Waals surface area (Å²) in [6.45, 7) is 2.64. The topological polar surface area (TPSA) is 52.6 Å². The Labute approximate surface area is 145 Å². The van der Waals surface area contributed by atoms with Gasteiger partial charge < -0.3 is 15.3 Å². The van der Waals surface area contributed by atoms with Gasteiger partial charge in [0.2, 0.25) is 0 Å². The number of hydrogen-bond donors (Lipinski definition) is 2. The van der Waals surface area contributed by atoms with Crippen molar-refractivity contribution in [1.29, 1.82) is 0 Å². The fourth-order valence-corrected chi connectivity index (χ4v) is 3.15. The average molecular weight is 390 g/mol. The summed E-state index contributed by atoms with van der Waals surface area (Å²) in [5, 5.41) is 13.5. The van der Waals surface area contributed by atoms with Gasteiger partial charge in [0.05, 0.1) is 5.56 Å². The highest BCUT2D eigenvalue weighted by atomic mass is 79.9. The Kier molecular flexibility index (Phi) is 6.12. The molecule has 0 unspecified atom stereocenters. The molecule has 2 N–H and O–H groups in total. The van der Waals surface area contributed by atoms with Gasteiger partial charge in [-0.15, -0.1) is 12.4 Å². The Hall–Kier alpha value is -0.780. The van der Waals surface area contributed by atoms with Gasteiger partial charge in [-0.05, 0) is 56.3 Å². The fourth-order valence-electron chi connectivity index (χ4n) is 2.79. The van der Waals surface area contributed by atoms with Crippen molar-refractivity contribution in [2.24, 2.45) is 5.92 Å². The zero-order valence-electron chi connectivity index (χ0n) is 12.4. The summed E-state index contributed by atoms with van der Waals surface area (Å²) in [5.74, 6) is 0.870. The van der Waals surface area contributed by atoms with Crippen LogP contribution in [0.15, 0.2) is 22.7 Å². The Bertz CT molecular complexity index is 529. The van der Waals surface area contributed by atoms with E-state index in [4.69, 9.17) is 0 Å². The van der Waals surface area contributed by atoms with E-state index in [0.717, 1.165) is 42.9 Å². The number of piperidine rings is 1. The first-order valence-electron chi connectivity index (χ1n) is 7.64. The first-order chi connectivity index (χ1) is 10.1. The molecule has 0 aromatic heterocycles. The first-order valence-corrected chi connectivity index (χ1v) is 8.44. The number of aromatic hydroxyl groups is 1. The van der Waals surface area contributed by atoms with E-state index in [9.17, 15) is 9.90 Å². The highest BCUT2D eigenvalue weighted by Crippen LogP contribution is 2.28. The molecule has 1 heterocycles. The molecule has 1 aliphatic carbocycles. The molecule has 3 rings (SSSR count). The largest absolute Gasteiger partial charge is 0.507 e. The molecule has 0 radical (unpaired) electrons. The number of hydrogen-bond acceptors (Lipinski definition) is 3. The third kappa shape index (κ3) is 4.37. The molecule has 2 aliphatic rings. The number of nitrogens with zero attached hydrogens (tertiary/aromatic N) is 1. The molecule has 22 heavy (non-hydrogen) atoms. The predicted octanol–water partition coefficient (Wildman–Crippen LogP) is 3.18. The van der Waals surface area contributed by atoms with Gasteiger partial charge in [0.1, 0.15) is 5.75 Å². The monoisotopic (exact) mass is 388 g/mol. The van der Waals surface area contributed by atoms with E-state index in [1.807, 2.05) is 4.90 Å². The molecular formula is C16H22BrClN2O2. The SMILES string of the molecule is Cl.O=C(c1cc(Br)ccc1O)N1CCC(NCC2CC2)CC1. The number of nitrogens with one attached hydrogen (secondary N) is 1. The van der Waals surface area contributed by atoms with Crippen LogP contribution >= 0.6 is 28.3 Å². The lowest BCUT2D eigenvalue weighted by Gasteiger charge is -2.32. The van der Waals surface area contributed by atoms with Crippen LogP contribution in [0.25, 0.3) is 0 Å². The minimum absolute atomic E-state index is 0. The van der Waals surface area contributed by atoms with Gasteiger partial charge in [0.15, 0.2) is 0 Å². The molecule has 1 saturated carbocycles. The summed E-state index contributed by atoms with van der Waals surface area (Å²) < 4.78 is 0.810. The average Bonchev–Trinajstić information content (AvgIpc) is 3.32. The first kappa shape index (κ1) is 17.6. The van der Waals surface area contributed by atoms with Crippen LogP contribution < -0.4 is 5.32 Å². The van der Waals surface area contributed by atoms with Gasteiger partial charge in [0.25, 0.3) is 5.91 Å². The van der Waals surface area contributed by atoms with Gasteiger partial charge in [-0.25, -0.2) is 0 Å². The normalized spacial score (nSPS) is 18.9. The lowest BCUT2D eigenvalue weighted by molar-refractivity contribution is 0.0702. The van der Waals surface area contributed by atoms with Crippen LogP contribution in [-0.2, 0) is 0 Å². The number of amides is 1. The number of benzene rings is 1. The molecule has 1 saturated heterocycles. The van der Waals surface area contributed by atoms with Crippen LogP contribution in [0.3, 0.4) is 0 Å². The van der Waals surface area contributed by atoms with E-state index in [0.29, 0.717) is 11.6 Å². The van der Waals surface area contributed by atoms with Crippen LogP contribution in [-0.4, -0.2) is 41.6 Å². The molecule has 2 fully saturated rings. The van der Waals surface area contributed by atoms with Gasteiger partial charge in [-0.2, -0.15) is 0 Å². The van der Waals surface area contributed by atoms with E-state index in [2.05, 4.69) is 21.2 Å². The quantitative estimate of drug-likeness (QED) is 0.831. The molecule has 4 nitrogen and oxygen atoms in total. The summed E-state index contributed by atoms with van der Waals surface area (Å²) in [6.07, 6.45) is 4.72. The van der Waals surface area contributed by atoms with Crippen LogP contribution in [0, 0.1) is 5.92 Å². The van der Waals surface area contributed by atoms with Gasteiger partial charge in [-0.1, -0.05) is 15.9 Å². The van der Waals surface area contributed by atoms with Crippen molar-refractivity contribution >= 4 is 34.2 Å². The van der Waals surface area contributed by atoms with Crippen LogP contribution in [0.5, 0.6) is 5.75 Å². The van der Waals surface area contributed by atoms with Crippen molar-refractivity contribution < 1.29 is 9.90 Å². The number of likely N-dealkylation sites (tertiary alicyclic amines) is 1. The van der Waals surface area contributed by atoms with Crippen molar-refractivity contribution in [3.05, 3.63) is 28.2 Å². The standard InChI is InChI=1S/C16H21BrN2O2.ClH/c17-12-3-4-15(20)14(9-12)16(21)19-7-5-13(6-8-19)18-10-11-1-2-11;/h3-4,9,11,13,18,20H,1-2,5-8,10H2;1H. The van der Waals surface area contributed by atoms with Crippen molar-refractivity contribution in [1.82, 2.24) is 10.2 Å². The number of carbonyl (C=O) groups excluding carboxylic acids is 1. The van der Waals surface area contributed by atoms with Crippen molar-refractivity contribution in [3.63, 3.8) is 0 Å². The summed E-state index contributed by atoms with van der Waals surface area (Å²) in [6, 6.07) is 5.52. The summed E-state index contributed by atoms with van der Waals surface area (Å²) in [4.78, 5) is 14.3. The second-order valence-corrected chi connectivity index (χ2v) is 7.00. The number of rotatable bonds is 4. The minimum atomic E-state index is -0.0746. The third-order valence-electron chi connectivity index (χ3n) is 4.36. The maximum atomic E-state index is 12.5. The van der Waals surface area contributed by atoms with Crippen LogP contribution in [0.1, 0.15) is 36.0 Å². The molecule has 6 heteroatoms. The second kappa shape index (κ2) is 7.66. The Morgan fingerprint density at radius 2 is 1.95 bits per heavy atom. The minimum Gasteiger partial charge on any atom is -0.507 e. The Balaban J connectivity index is 0.00000176. The highest BCUT2D eigenvalue weighted by molar-refractivity contribution is 9.10. The van der Waals surface area contributed by atoms with Crippen LogP contribution in [0.2, 0.25) is 0 Å². The maximum Gasteiger partial charge on any atom is 0.257 e. The molecule has 122 valence electrons. The Morgan fingerprint density at radius 3 is 2.59 bits per heavy atom. The second-order valence-electron chi connectivity index (χ2n) is 6.08. The molecule has 1 amide bonds. The van der Waals surface area contributed by atoms with Gasteiger partial charge >= 0.3 is 0 Å². The van der Waals surface area contributed by atoms with Crippen LogP contribution in [0.4, 0.5) is 0 Å². The number of carbonyl (C=O) groups is 1. The highest BCUT2D eigenvalue weighted by Gasteiger charge is 2.27. The smallest absolute Gasteiger partial charge is 0.257 e. The molecule has 0 spiro atoms. The van der Waals surface area contributed by atoms with Gasteiger partial charge in [0, 0.05) is 23.6 Å². The van der Waals surface area contributed by atoms with E-state index in [1.165, 1.54) is 12.8 Å². The van der Waals surface area contributed by atoms with Crippen molar-refractivity contribution in [2.75, 3.05) is 19.6 Å². The molecule has 0 bridgehead atoms. The Morgan fingerprint density at radius 1 is 1.27 bits per heavy atom. The van der Waals surface area contributed by atoms with E-state index < -0.39 is 0 Å². The van der Waals surface area contributed by atoms with Gasteiger partial charge in [-0.3, -0.25) is 4.79 Å². The molecule has 1 aliphatic heterocycles.